The summed E-state index contributed by atoms with van der Waals surface area (Å²) in [6.07, 6.45) is 2.01. The Labute approximate surface area is 147 Å². The van der Waals surface area contributed by atoms with E-state index >= 15 is 0 Å². The highest BCUT2D eigenvalue weighted by Crippen LogP contribution is 2.77. The lowest BCUT2D eigenvalue weighted by Crippen LogP contribution is -2.81. The van der Waals surface area contributed by atoms with Gasteiger partial charge in [-0.3, -0.25) is 4.79 Å². The highest BCUT2D eigenvalue weighted by Gasteiger charge is 2.83. The van der Waals surface area contributed by atoms with Crippen molar-refractivity contribution in [1.82, 2.24) is 0 Å². The van der Waals surface area contributed by atoms with E-state index in [0.717, 1.165) is 32.1 Å². The molecule has 0 aromatic rings. The van der Waals surface area contributed by atoms with E-state index < -0.39 is 29.3 Å². The van der Waals surface area contributed by atoms with Gasteiger partial charge in [-0.1, -0.05) is 13.5 Å². The lowest BCUT2D eigenvalue weighted by atomic mass is 9.36. The van der Waals surface area contributed by atoms with Crippen molar-refractivity contribution >= 4 is 5.78 Å². The summed E-state index contributed by atoms with van der Waals surface area (Å²) in [4.78, 5) is 13.3. The van der Waals surface area contributed by atoms with Crippen molar-refractivity contribution in [3.8, 4) is 0 Å². The molecule has 0 radical (unpaired) electrons. The molecule has 7 fully saturated rings. The lowest BCUT2D eigenvalue weighted by molar-refractivity contribution is -0.440. The molecular formula is C20H26O5. The van der Waals surface area contributed by atoms with Crippen LogP contribution in [0.1, 0.15) is 39.0 Å². The van der Waals surface area contributed by atoms with Gasteiger partial charge >= 0.3 is 0 Å². The van der Waals surface area contributed by atoms with E-state index in [-0.39, 0.29) is 29.1 Å². The van der Waals surface area contributed by atoms with Crippen LogP contribution in [0.4, 0.5) is 0 Å². The summed E-state index contributed by atoms with van der Waals surface area (Å²) in [5.41, 5.74) is -0.874. The molecule has 0 aromatic carbocycles. The minimum absolute atomic E-state index is 0.00572. The topological polar surface area (TPSA) is 76.0 Å². The number of aliphatic hydroxyl groups excluding tert-OH is 2. The molecule has 25 heavy (non-hydrogen) atoms. The van der Waals surface area contributed by atoms with Gasteiger partial charge in [0.1, 0.15) is 0 Å². The number of Topliss-reactive ketones (excluding diaryl/α,β-unsaturated/α-hetero) is 1. The fraction of sp³-hybridized carbons (Fsp3) is 0.850. The van der Waals surface area contributed by atoms with E-state index in [1.54, 1.807) is 0 Å². The third-order valence-electron chi connectivity index (χ3n) is 9.20. The molecule has 3 aliphatic heterocycles. The second-order valence-corrected chi connectivity index (χ2v) is 9.73. The van der Waals surface area contributed by atoms with Crippen LogP contribution >= 0.6 is 0 Å². The number of hydrogen-bond acceptors (Lipinski definition) is 5. The number of ether oxygens (including phenoxy) is 2. The van der Waals surface area contributed by atoms with Crippen LogP contribution in [0.15, 0.2) is 12.2 Å². The van der Waals surface area contributed by atoms with Crippen molar-refractivity contribution in [2.45, 2.75) is 63.6 Å². The third kappa shape index (κ3) is 1.29. The first-order chi connectivity index (χ1) is 11.9. The summed E-state index contributed by atoms with van der Waals surface area (Å²) in [5, 5.41) is 22.4. The molecule has 7 rings (SSSR count). The van der Waals surface area contributed by atoms with Gasteiger partial charge in [0.25, 0.3) is 0 Å². The summed E-state index contributed by atoms with van der Waals surface area (Å²) in [7, 11) is 0. The first kappa shape index (κ1) is 15.3. The van der Waals surface area contributed by atoms with Crippen LogP contribution < -0.4 is 0 Å². The number of ketones is 1. The van der Waals surface area contributed by atoms with E-state index in [4.69, 9.17) is 9.47 Å². The Morgan fingerprint density at radius 1 is 1.20 bits per heavy atom. The van der Waals surface area contributed by atoms with Crippen molar-refractivity contribution in [2.24, 2.45) is 34.0 Å². The van der Waals surface area contributed by atoms with Gasteiger partial charge in [-0.2, -0.15) is 0 Å². The SMILES string of the molecule is C=C1C(=O)[C@@]23[C@H]4C[C@H]5C6([C@H](OC[C@]5(C)CC[C@@H]6O)O4)[C@@H]2CC[C@H]1[C@@H]3O. The van der Waals surface area contributed by atoms with Gasteiger partial charge in [0.2, 0.25) is 0 Å². The molecule has 10 atom stereocenters. The molecule has 2 N–H and O–H groups in total. The van der Waals surface area contributed by atoms with Crippen LogP contribution in [0.25, 0.3) is 0 Å². The standard InChI is InChI=1S/C20H26O5/c1-9-10-3-4-11-19-12-7-14(20(11,15(9)22)16(10)23)25-17(19)24-8-18(12,2)6-5-13(19)21/h10-14,16-17,21,23H,1,3-8H2,2H3/t10-,11+,12-,13+,14-,16+,17-,18+,19?,20+/m1/s1. The quantitative estimate of drug-likeness (QED) is 0.649. The average Bonchev–Trinajstić information content (AvgIpc) is 2.71. The van der Waals surface area contributed by atoms with Crippen molar-refractivity contribution < 1.29 is 24.5 Å². The second-order valence-electron chi connectivity index (χ2n) is 9.73. The second kappa shape index (κ2) is 4.22. The predicted octanol–water partition coefficient (Wildman–Crippen LogP) is 1.42. The highest BCUT2D eigenvalue weighted by molar-refractivity contribution is 6.04. The molecule has 7 aliphatic rings. The Balaban J connectivity index is 1.61. The van der Waals surface area contributed by atoms with Gasteiger partial charge < -0.3 is 19.7 Å². The number of fused-ring (bicyclic) bond motifs is 1. The summed E-state index contributed by atoms with van der Waals surface area (Å²) in [6, 6.07) is 0. The Hall–Kier alpha value is -0.750. The zero-order valence-electron chi connectivity index (χ0n) is 14.6. The molecule has 136 valence electrons. The predicted molar refractivity (Wildman–Crippen MR) is 87.3 cm³/mol. The highest BCUT2D eigenvalue weighted by atomic mass is 16.7. The van der Waals surface area contributed by atoms with Crippen molar-refractivity contribution in [3.63, 3.8) is 0 Å². The maximum atomic E-state index is 13.3. The number of hydrogen-bond donors (Lipinski definition) is 2. The van der Waals surface area contributed by atoms with E-state index in [2.05, 4.69) is 13.5 Å². The first-order valence-electron chi connectivity index (χ1n) is 9.75. The van der Waals surface area contributed by atoms with Gasteiger partial charge in [0.15, 0.2) is 12.1 Å². The fourth-order valence-corrected chi connectivity index (χ4v) is 8.25. The Kier molecular flexibility index (Phi) is 2.58. The van der Waals surface area contributed by atoms with Gasteiger partial charge in [-0.25, -0.2) is 0 Å². The summed E-state index contributed by atoms with van der Waals surface area (Å²) in [6.45, 7) is 6.95. The van der Waals surface area contributed by atoms with Gasteiger partial charge in [-0.05, 0) is 54.9 Å². The molecule has 1 unspecified atom stereocenters. The normalized spacial score (nSPS) is 64.4. The number of carbonyl (C=O) groups is 1. The molecule has 2 spiro atoms. The maximum absolute atomic E-state index is 13.3. The summed E-state index contributed by atoms with van der Waals surface area (Å²) >= 11 is 0. The van der Waals surface area contributed by atoms with Crippen LogP contribution in [0.3, 0.4) is 0 Å². The molecule has 7 bridgehead atoms. The van der Waals surface area contributed by atoms with Crippen molar-refractivity contribution in [2.75, 3.05) is 6.61 Å². The molecular weight excluding hydrogens is 320 g/mol. The van der Waals surface area contributed by atoms with Crippen LogP contribution in [-0.2, 0) is 14.3 Å². The zero-order valence-corrected chi connectivity index (χ0v) is 14.6. The van der Waals surface area contributed by atoms with Crippen LogP contribution in [0, 0.1) is 34.0 Å². The van der Waals surface area contributed by atoms with Gasteiger partial charge in [0, 0.05) is 5.92 Å². The van der Waals surface area contributed by atoms with Crippen LogP contribution in [-0.4, -0.2) is 47.2 Å². The zero-order chi connectivity index (χ0) is 17.4. The lowest BCUT2D eigenvalue weighted by Gasteiger charge is -2.75. The first-order valence-corrected chi connectivity index (χ1v) is 9.75. The number of rotatable bonds is 0. The smallest absolute Gasteiger partial charge is 0.170 e. The monoisotopic (exact) mass is 346 g/mol. The van der Waals surface area contributed by atoms with Crippen LogP contribution in [0.2, 0.25) is 0 Å². The molecule has 0 aromatic heterocycles. The average molecular weight is 346 g/mol. The maximum Gasteiger partial charge on any atom is 0.170 e. The Morgan fingerprint density at radius 2 is 2.00 bits per heavy atom. The molecule has 4 saturated carbocycles. The van der Waals surface area contributed by atoms with Gasteiger partial charge in [0.05, 0.1) is 35.7 Å². The molecule has 4 aliphatic carbocycles. The minimum atomic E-state index is -0.910. The van der Waals surface area contributed by atoms with E-state index in [9.17, 15) is 15.0 Å². The van der Waals surface area contributed by atoms with E-state index in [1.165, 1.54) is 0 Å². The minimum Gasteiger partial charge on any atom is -0.392 e. The van der Waals surface area contributed by atoms with E-state index in [1.807, 2.05) is 0 Å². The number of carbonyl (C=O) groups excluding carboxylic acids is 1. The van der Waals surface area contributed by atoms with Gasteiger partial charge in [-0.15, -0.1) is 0 Å². The largest absolute Gasteiger partial charge is 0.392 e. The summed E-state index contributed by atoms with van der Waals surface area (Å²) < 4.78 is 12.5. The third-order valence-corrected chi connectivity index (χ3v) is 9.20. The molecule has 5 nitrogen and oxygen atoms in total. The summed E-state index contributed by atoms with van der Waals surface area (Å²) in [5.74, 6) is 0.0718. The van der Waals surface area contributed by atoms with Crippen molar-refractivity contribution in [3.05, 3.63) is 12.2 Å². The van der Waals surface area contributed by atoms with E-state index in [0.29, 0.717) is 18.1 Å². The Bertz CT molecular complexity index is 700. The van der Waals surface area contributed by atoms with Crippen molar-refractivity contribution in [1.29, 1.82) is 0 Å². The molecule has 0 amide bonds. The number of aliphatic hydroxyl groups is 2. The molecule has 3 heterocycles. The Morgan fingerprint density at radius 3 is 2.80 bits per heavy atom. The molecule has 5 heteroatoms. The molecule has 3 saturated heterocycles. The van der Waals surface area contributed by atoms with Crippen LogP contribution in [0.5, 0.6) is 0 Å². The fourth-order valence-electron chi connectivity index (χ4n) is 8.25.